The summed E-state index contributed by atoms with van der Waals surface area (Å²) in [6, 6.07) is 0.291. The van der Waals surface area contributed by atoms with E-state index in [0.29, 0.717) is 11.8 Å². The van der Waals surface area contributed by atoms with Gasteiger partial charge in [0.1, 0.15) is 0 Å². The lowest BCUT2D eigenvalue weighted by Gasteiger charge is -2.13. The van der Waals surface area contributed by atoms with E-state index in [2.05, 4.69) is 29.4 Å². The summed E-state index contributed by atoms with van der Waals surface area (Å²) in [5, 5.41) is 11.0. The van der Waals surface area contributed by atoms with Gasteiger partial charge in [-0.05, 0) is 19.1 Å². The Morgan fingerprint density at radius 2 is 2.00 bits per heavy atom. The van der Waals surface area contributed by atoms with Crippen LogP contribution in [0.2, 0.25) is 0 Å². The van der Waals surface area contributed by atoms with Gasteiger partial charge >= 0.3 is 0 Å². The van der Waals surface area contributed by atoms with Crippen LogP contribution in [-0.2, 0) is 4.79 Å². The Morgan fingerprint density at radius 1 is 1.35 bits per heavy atom. The van der Waals surface area contributed by atoms with Gasteiger partial charge in [-0.1, -0.05) is 48.7 Å². The summed E-state index contributed by atoms with van der Waals surface area (Å²) < 4.78 is 1.79. The summed E-state index contributed by atoms with van der Waals surface area (Å²) in [6.45, 7) is 4.16. The van der Waals surface area contributed by atoms with Crippen LogP contribution >= 0.6 is 34.9 Å². The molecule has 0 atom stereocenters. The number of aromatic nitrogens is 2. The van der Waals surface area contributed by atoms with E-state index in [1.54, 1.807) is 11.8 Å². The van der Waals surface area contributed by atoms with Crippen molar-refractivity contribution in [2.45, 2.75) is 41.4 Å². The van der Waals surface area contributed by atoms with Crippen molar-refractivity contribution in [2.24, 2.45) is 0 Å². The Hall–Kier alpha value is -0.270. The smallest absolute Gasteiger partial charge is 0.230 e. The molecule has 1 N–H and O–H groups in total. The average Bonchev–Trinajstić information content (AvgIpc) is 2.81. The molecule has 0 spiro atoms. The highest BCUT2D eigenvalue weighted by Crippen LogP contribution is 2.26. The van der Waals surface area contributed by atoms with Gasteiger partial charge in [-0.2, -0.15) is 0 Å². The van der Waals surface area contributed by atoms with Crippen molar-refractivity contribution in [1.29, 1.82) is 0 Å². The molecule has 0 radical (unpaired) electrons. The van der Waals surface area contributed by atoms with Gasteiger partial charge in [-0.25, -0.2) is 0 Å². The van der Waals surface area contributed by atoms with E-state index in [4.69, 9.17) is 0 Å². The van der Waals surface area contributed by atoms with Gasteiger partial charge in [0, 0.05) is 6.04 Å². The van der Waals surface area contributed by atoms with Crippen LogP contribution in [0.1, 0.15) is 26.7 Å². The first kappa shape index (κ1) is 14.8. The third kappa shape index (κ3) is 5.27. The van der Waals surface area contributed by atoms with E-state index in [1.807, 2.05) is 6.26 Å². The quantitative estimate of drug-likeness (QED) is 0.783. The highest BCUT2D eigenvalue weighted by molar-refractivity contribution is 8.03. The Bertz CT molecular complexity index is 352. The number of nitrogens with one attached hydrogen (secondary N) is 1. The first-order chi connectivity index (χ1) is 8.19. The third-order valence-corrected chi connectivity index (χ3v) is 5.27. The van der Waals surface area contributed by atoms with Crippen LogP contribution in [0, 0.1) is 0 Å². The minimum atomic E-state index is 0.0737. The van der Waals surface area contributed by atoms with Crippen molar-refractivity contribution in [3.05, 3.63) is 0 Å². The fraction of sp³-hybridized carbons (Fsp3) is 0.700. The van der Waals surface area contributed by atoms with Gasteiger partial charge in [0.2, 0.25) is 5.91 Å². The fourth-order valence-corrected chi connectivity index (χ4v) is 3.48. The first-order valence-corrected chi connectivity index (χ1v) is 8.51. The monoisotopic (exact) mass is 291 g/mol. The molecule has 0 fully saturated rings. The number of thioether (sulfide) groups is 2. The van der Waals surface area contributed by atoms with Gasteiger partial charge in [-0.15, -0.1) is 10.2 Å². The molecule has 1 aromatic heterocycles. The molecule has 4 nitrogen and oxygen atoms in total. The molecule has 1 heterocycles. The number of rotatable bonds is 7. The van der Waals surface area contributed by atoms with Crippen molar-refractivity contribution in [3.8, 4) is 0 Å². The summed E-state index contributed by atoms with van der Waals surface area (Å²) in [6.07, 6.45) is 3.92. The lowest BCUT2D eigenvalue weighted by Crippen LogP contribution is -2.34. The van der Waals surface area contributed by atoms with E-state index in [-0.39, 0.29) is 5.91 Å². The highest BCUT2D eigenvalue weighted by atomic mass is 32.2. The van der Waals surface area contributed by atoms with E-state index < -0.39 is 0 Å². The van der Waals surface area contributed by atoms with Crippen LogP contribution < -0.4 is 5.32 Å². The van der Waals surface area contributed by atoms with E-state index in [9.17, 15) is 4.79 Å². The number of hydrogen-bond acceptors (Lipinski definition) is 6. The zero-order valence-corrected chi connectivity index (χ0v) is 12.7. The van der Waals surface area contributed by atoms with Gasteiger partial charge in [-0.3, -0.25) is 4.79 Å². The molecule has 1 amide bonds. The van der Waals surface area contributed by atoms with Crippen molar-refractivity contribution in [3.63, 3.8) is 0 Å². The normalized spacial score (nSPS) is 10.8. The summed E-state index contributed by atoms with van der Waals surface area (Å²) >= 11 is 4.55. The second kappa shape index (κ2) is 7.94. The van der Waals surface area contributed by atoms with Crippen LogP contribution in [0.4, 0.5) is 0 Å². The van der Waals surface area contributed by atoms with Crippen molar-refractivity contribution in [1.82, 2.24) is 15.5 Å². The van der Waals surface area contributed by atoms with Crippen LogP contribution in [0.25, 0.3) is 0 Å². The molecule has 17 heavy (non-hydrogen) atoms. The second-order valence-electron chi connectivity index (χ2n) is 3.41. The van der Waals surface area contributed by atoms with Gasteiger partial charge in [0.25, 0.3) is 0 Å². The molecule has 96 valence electrons. The second-order valence-corrected chi connectivity index (χ2v) is 6.66. The van der Waals surface area contributed by atoms with E-state index >= 15 is 0 Å². The molecule has 1 aromatic rings. The Balaban J connectivity index is 2.32. The van der Waals surface area contributed by atoms with Gasteiger partial charge in [0.15, 0.2) is 8.68 Å². The predicted molar refractivity (Wildman–Crippen MR) is 74.9 cm³/mol. The molecule has 0 aromatic carbocycles. The molecule has 0 aliphatic rings. The largest absolute Gasteiger partial charge is 0.353 e. The number of carbonyl (C=O) groups excluding carboxylic acids is 1. The Kier molecular flexibility index (Phi) is 6.91. The lowest BCUT2D eigenvalue weighted by molar-refractivity contribution is -0.119. The standard InChI is InChI=1S/C10H17N3OS3/c1-4-7(5-2)11-8(14)6-16-10-13-12-9(15-3)17-10/h7H,4-6H2,1-3H3,(H,11,14). The van der Waals surface area contributed by atoms with Crippen molar-refractivity contribution < 1.29 is 4.79 Å². The van der Waals surface area contributed by atoms with Crippen LogP contribution in [0.3, 0.4) is 0 Å². The zero-order chi connectivity index (χ0) is 12.7. The van der Waals surface area contributed by atoms with Gasteiger partial charge < -0.3 is 5.32 Å². The van der Waals surface area contributed by atoms with Gasteiger partial charge in [0.05, 0.1) is 5.75 Å². The Morgan fingerprint density at radius 3 is 2.53 bits per heavy atom. The number of amides is 1. The van der Waals surface area contributed by atoms with Crippen LogP contribution in [0.15, 0.2) is 8.68 Å². The minimum Gasteiger partial charge on any atom is -0.353 e. The average molecular weight is 291 g/mol. The number of nitrogens with zero attached hydrogens (tertiary/aromatic N) is 2. The predicted octanol–water partition coefficient (Wildman–Crippen LogP) is 2.66. The fourth-order valence-electron chi connectivity index (χ4n) is 1.23. The molecular formula is C10H17N3OS3. The van der Waals surface area contributed by atoms with Crippen LogP contribution in [0.5, 0.6) is 0 Å². The SMILES string of the molecule is CCC(CC)NC(=O)CSc1nnc(SC)s1. The zero-order valence-electron chi connectivity index (χ0n) is 10.2. The maximum absolute atomic E-state index is 11.6. The Labute approximate surface area is 114 Å². The molecular weight excluding hydrogens is 274 g/mol. The van der Waals surface area contributed by atoms with E-state index in [0.717, 1.165) is 21.5 Å². The minimum absolute atomic E-state index is 0.0737. The molecule has 0 saturated carbocycles. The van der Waals surface area contributed by atoms with E-state index in [1.165, 1.54) is 23.1 Å². The molecule has 1 rings (SSSR count). The van der Waals surface area contributed by atoms with Crippen molar-refractivity contribution in [2.75, 3.05) is 12.0 Å². The molecule has 7 heteroatoms. The molecule has 0 saturated heterocycles. The topological polar surface area (TPSA) is 54.9 Å². The molecule has 0 aliphatic carbocycles. The number of carbonyl (C=O) groups is 1. The maximum atomic E-state index is 11.6. The summed E-state index contributed by atoms with van der Waals surface area (Å²) in [5.74, 6) is 0.490. The lowest BCUT2D eigenvalue weighted by atomic mass is 10.2. The molecule has 0 bridgehead atoms. The summed E-state index contributed by atoms with van der Waals surface area (Å²) in [7, 11) is 0. The van der Waals surface area contributed by atoms with Crippen LogP contribution in [-0.4, -0.2) is 34.2 Å². The first-order valence-electron chi connectivity index (χ1n) is 5.49. The summed E-state index contributed by atoms with van der Waals surface area (Å²) in [5.41, 5.74) is 0. The highest BCUT2D eigenvalue weighted by Gasteiger charge is 2.10. The third-order valence-electron chi connectivity index (χ3n) is 2.24. The molecule has 0 unspecified atom stereocenters. The maximum Gasteiger partial charge on any atom is 0.230 e. The summed E-state index contributed by atoms with van der Waals surface area (Å²) in [4.78, 5) is 11.6. The number of hydrogen-bond donors (Lipinski definition) is 1. The molecule has 0 aliphatic heterocycles. The van der Waals surface area contributed by atoms with Crippen molar-refractivity contribution >= 4 is 40.8 Å².